The lowest BCUT2D eigenvalue weighted by Gasteiger charge is -2.35. The van der Waals surface area contributed by atoms with Crippen molar-refractivity contribution in [2.45, 2.75) is 17.7 Å². The molecule has 0 N–H and O–H groups in total. The minimum atomic E-state index is 0.773. The highest BCUT2D eigenvalue weighted by atomic mass is 32.2. The molecule has 0 unspecified atom stereocenters. The first kappa shape index (κ1) is 12.9. The van der Waals surface area contributed by atoms with Gasteiger partial charge in [-0.1, -0.05) is 6.58 Å². The van der Waals surface area contributed by atoms with Gasteiger partial charge in [0.05, 0.1) is 10.6 Å². The second kappa shape index (κ2) is 5.51. The van der Waals surface area contributed by atoms with Crippen molar-refractivity contribution in [2.24, 2.45) is 0 Å². The van der Waals surface area contributed by atoms with E-state index in [0.29, 0.717) is 0 Å². The Labute approximate surface area is 118 Å². The van der Waals surface area contributed by atoms with Crippen LogP contribution in [0.25, 0.3) is 6.08 Å². The van der Waals surface area contributed by atoms with Gasteiger partial charge in [0.2, 0.25) is 0 Å². The summed E-state index contributed by atoms with van der Waals surface area (Å²) in [5.41, 5.74) is 1.22. The van der Waals surface area contributed by atoms with Crippen molar-refractivity contribution in [3.05, 3.63) is 18.1 Å². The molecular formula is C14H20N4S. The fraction of sp³-hybridized carbons (Fsp3) is 0.571. The Bertz CT molecular complexity index is 481. The van der Waals surface area contributed by atoms with E-state index in [-0.39, 0.29) is 0 Å². The highest BCUT2D eigenvalue weighted by Gasteiger charge is 2.23. The zero-order valence-electron chi connectivity index (χ0n) is 11.4. The Hall–Kier alpha value is -1.07. The van der Waals surface area contributed by atoms with E-state index in [1.54, 1.807) is 6.08 Å². The van der Waals surface area contributed by atoms with Gasteiger partial charge in [-0.15, -0.1) is 11.8 Å². The van der Waals surface area contributed by atoms with Crippen LogP contribution in [0, 0.1) is 0 Å². The molecule has 0 aliphatic carbocycles. The monoisotopic (exact) mass is 276 g/mol. The van der Waals surface area contributed by atoms with E-state index >= 15 is 0 Å². The summed E-state index contributed by atoms with van der Waals surface area (Å²) in [4.78, 5) is 15.4. The van der Waals surface area contributed by atoms with E-state index < -0.39 is 0 Å². The SMILES string of the molecule is C=Cc1nc2c(c(N3CCN(C)CC3)n1)SCCC2. The lowest BCUT2D eigenvalue weighted by atomic mass is 10.2. The van der Waals surface area contributed by atoms with Gasteiger partial charge in [-0.25, -0.2) is 9.97 Å². The first-order valence-electron chi connectivity index (χ1n) is 6.87. The zero-order chi connectivity index (χ0) is 13.2. The number of fused-ring (bicyclic) bond motifs is 1. The Balaban J connectivity index is 1.96. The average Bonchev–Trinajstić information content (AvgIpc) is 2.47. The fourth-order valence-corrected chi connectivity index (χ4v) is 3.67. The maximum atomic E-state index is 4.71. The van der Waals surface area contributed by atoms with Crippen LogP contribution in [0.4, 0.5) is 5.82 Å². The van der Waals surface area contributed by atoms with E-state index in [2.05, 4.69) is 28.4 Å². The lowest BCUT2D eigenvalue weighted by molar-refractivity contribution is 0.311. The van der Waals surface area contributed by atoms with Crippen LogP contribution in [0.2, 0.25) is 0 Å². The summed E-state index contributed by atoms with van der Waals surface area (Å²) in [5.74, 6) is 3.10. The number of likely N-dealkylation sites (N-methyl/N-ethyl adjacent to an activating group) is 1. The number of nitrogens with zero attached hydrogens (tertiary/aromatic N) is 4. The van der Waals surface area contributed by atoms with Gasteiger partial charge >= 0.3 is 0 Å². The summed E-state index contributed by atoms with van der Waals surface area (Å²) < 4.78 is 0. The Morgan fingerprint density at radius 3 is 2.74 bits per heavy atom. The molecule has 0 spiro atoms. The molecule has 3 heterocycles. The van der Waals surface area contributed by atoms with Crippen molar-refractivity contribution in [2.75, 3.05) is 43.9 Å². The molecule has 2 aliphatic heterocycles. The van der Waals surface area contributed by atoms with Crippen LogP contribution < -0.4 is 4.90 Å². The molecular weight excluding hydrogens is 256 g/mol. The summed E-state index contributed by atoms with van der Waals surface area (Å²) in [5, 5.41) is 0. The number of hydrogen-bond donors (Lipinski definition) is 0. The minimum absolute atomic E-state index is 0.773. The molecule has 19 heavy (non-hydrogen) atoms. The molecule has 0 aromatic carbocycles. The quantitative estimate of drug-likeness (QED) is 0.824. The van der Waals surface area contributed by atoms with Crippen LogP contribution in [-0.2, 0) is 6.42 Å². The molecule has 1 aromatic heterocycles. The Morgan fingerprint density at radius 2 is 2.00 bits per heavy atom. The third-order valence-electron chi connectivity index (χ3n) is 3.72. The number of hydrogen-bond acceptors (Lipinski definition) is 5. The maximum absolute atomic E-state index is 4.71. The van der Waals surface area contributed by atoms with Gasteiger partial charge in [-0.2, -0.15) is 0 Å². The topological polar surface area (TPSA) is 32.3 Å². The van der Waals surface area contributed by atoms with Crippen LogP contribution in [0.1, 0.15) is 17.9 Å². The van der Waals surface area contributed by atoms with Gasteiger partial charge in [-0.3, -0.25) is 0 Å². The van der Waals surface area contributed by atoms with Crippen molar-refractivity contribution in [1.82, 2.24) is 14.9 Å². The number of rotatable bonds is 2. The van der Waals surface area contributed by atoms with Crippen LogP contribution in [0.3, 0.4) is 0 Å². The number of piperazine rings is 1. The Morgan fingerprint density at radius 1 is 1.21 bits per heavy atom. The molecule has 5 heteroatoms. The third-order valence-corrected chi connectivity index (χ3v) is 4.92. The molecule has 0 amide bonds. The Kier molecular flexibility index (Phi) is 3.75. The molecule has 0 saturated carbocycles. The van der Waals surface area contributed by atoms with E-state index in [9.17, 15) is 0 Å². The lowest BCUT2D eigenvalue weighted by Crippen LogP contribution is -2.45. The van der Waals surface area contributed by atoms with E-state index in [1.807, 2.05) is 11.8 Å². The number of anilines is 1. The smallest absolute Gasteiger partial charge is 0.154 e. The van der Waals surface area contributed by atoms with Gasteiger partial charge in [0.15, 0.2) is 5.82 Å². The third kappa shape index (κ3) is 2.62. The van der Waals surface area contributed by atoms with Crippen molar-refractivity contribution in [1.29, 1.82) is 0 Å². The van der Waals surface area contributed by atoms with Crippen molar-refractivity contribution < 1.29 is 0 Å². The fourth-order valence-electron chi connectivity index (χ4n) is 2.56. The van der Waals surface area contributed by atoms with Crippen LogP contribution in [0.5, 0.6) is 0 Å². The van der Waals surface area contributed by atoms with Gasteiger partial charge < -0.3 is 9.80 Å². The summed E-state index contributed by atoms with van der Waals surface area (Å²) >= 11 is 1.91. The predicted molar refractivity (Wildman–Crippen MR) is 80.9 cm³/mol. The van der Waals surface area contributed by atoms with Gasteiger partial charge in [0.1, 0.15) is 5.82 Å². The molecule has 3 rings (SSSR count). The minimum Gasteiger partial charge on any atom is -0.353 e. The van der Waals surface area contributed by atoms with Crippen molar-refractivity contribution >= 4 is 23.7 Å². The molecule has 102 valence electrons. The molecule has 2 aliphatic rings. The molecule has 0 atom stereocenters. The normalized spacial score (nSPS) is 20.2. The second-order valence-electron chi connectivity index (χ2n) is 5.13. The van der Waals surface area contributed by atoms with Crippen LogP contribution in [0.15, 0.2) is 11.5 Å². The second-order valence-corrected chi connectivity index (χ2v) is 6.23. The van der Waals surface area contributed by atoms with E-state index in [1.165, 1.54) is 22.8 Å². The van der Waals surface area contributed by atoms with Crippen molar-refractivity contribution in [3.63, 3.8) is 0 Å². The highest BCUT2D eigenvalue weighted by Crippen LogP contribution is 2.36. The van der Waals surface area contributed by atoms with E-state index in [4.69, 9.17) is 4.98 Å². The van der Waals surface area contributed by atoms with Crippen molar-refractivity contribution in [3.8, 4) is 0 Å². The number of aromatic nitrogens is 2. The summed E-state index contributed by atoms with van der Waals surface area (Å²) in [7, 11) is 2.18. The average molecular weight is 276 g/mol. The maximum Gasteiger partial charge on any atom is 0.154 e. The molecule has 1 fully saturated rings. The van der Waals surface area contributed by atoms with Gasteiger partial charge in [-0.05, 0) is 31.7 Å². The first-order valence-corrected chi connectivity index (χ1v) is 7.86. The van der Waals surface area contributed by atoms with Crippen LogP contribution in [-0.4, -0.2) is 53.8 Å². The molecule has 0 bridgehead atoms. The summed E-state index contributed by atoms with van der Waals surface area (Å²) in [6.45, 7) is 8.13. The standard InChI is InChI=1S/C14H20N4S/c1-3-12-15-11-5-4-10-19-13(11)14(16-12)18-8-6-17(2)7-9-18/h3H,1,4-10H2,2H3. The number of aryl methyl sites for hydroxylation is 1. The van der Waals surface area contributed by atoms with Gasteiger partial charge in [0, 0.05) is 26.2 Å². The predicted octanol–water partition coefficient (Wildman–Crippen LogP) is 1.91. The summed E-state index contributed by atoms with van der Waals surface area (Å²) in [6.07, 6.45) is 4.05. The highest BCUT2D eigenvalue weighted by molar-refractivity contribution is 7.99. The van der Waals surface area contributed by atoms with E-state index in [0.717, 1.165) is 44.2 Å². The number of thioether (sulfide) groups is 1. The molecule has 4 nitrogen and oxygen atoms in total. The summed E-state index contributed by atoms with van der Waals surface area (Å²) in [6, 6.07) is 0. The first-order chi connectivity index (χ1) is 9.28. The van der Waals surface area contributed by atoms with Crippen LogP contribution >= 0.6 is 11.8 Å². The van der Waals surface area contributed by atoms with Gasteiger partial charge in [0.25, 0.3) is 0 Å². The molecule has 1 saturated heterocycles. The largest absolute Gasteiger partial charge is 0.353 e. The molecule has 1 aromatic rings. The molecule has 0 radical (unpaired) electrons. The zero-order valence-corrected chi connectivity index (χ0v) is 12.2.